The molecule has 0 atom stereocenters. The van der Waals surface area contributed by atoms with Gasteiger partial charge in [0.15, 0.2) is 0 Å². The maximum absolute atomic E-state index is 11.7. The quantitative estimate of drug-likeness (QED) is 0.379. The first-order valence-electron chi connectivity index (χ1n) is 10.9. The van der Waals surface area contributed by atoms with Gasteiger partial charge in [-0.25, -0.2) is 9.78 Å². The summed E-state index contributed by atoms with van der Waals surface area (Å²) in [5.41, 5.74) is 3.94. The zero-order chi connectivity index (χ0) is 22.3. The average molecular weight is 439 g/mol. The van der Waals surface area contributed by atoms with Crippen molar-refractivity contribution >= 4 is 28.6 Å². The lowest BCUT2D eigenvalue weighted by Gasteiger charge is -2.19. The fourth-order valence-corrected chi connectivity index (χ4v) is 3.65. The Labute approximate surface area is 190 Å². The molecule has 0 spiro atoms. The first-order chi connectivity index (χ1) is 14.8. The molecular weight excluding hydrogens is 408 g/mol. The Morgan fingerprint density at radius 2 is 1.71 bits per heavy atom. The molecule has 3 aromatic rings. The van der Waals surface area contributed by atoms with Crippen LogP contribution in [0.5, 0.6) is 0 Å². The number of para-hydroxylation sites is 1. The number of rotatable bonds is 8. The fourth-order valence-electron chi connectivity index (χ4n) is 3.52. The van der Waals surface area contributed by atoms with Crippen LogP contribution in [0.4, 0.5) is 4.79 Å². The summed E-state index contributed by atoms with van der Waals surface area (Å²) in [6.07, 6.45) is 4.90. The molecular formula is C26H31ClN2O2. The standard InChI is InChI=1S/C26H31ClN2O2/c1-26(2,3)31-25(30)28-17-9-5-4-6-10-20-18-24(19-13-15-21(27)16-14-19)29-23-12-8-7-11-22(20)23/h7-8,11-16,18H,4-6,9-10,17H2,1-3H3,(H,28,30). The number of benzene rings is 2. The molecule has 0 saturated carbocycles. The number of aromatic nitrogens is 1. The molecule has 0 radical (unpaired) electrons. The summed E-state index contributed by atoms with van der Waals surface area (Å²) in [5.74, 6) is 0. The molecule has 4 nitrogen and oxygen atoms in total. The minimum absolute atomic E-state index is 0.342. The van der Waals surface area contributed by atoms with E-state index in [1.807, 2.05) is 51.1 Å². The smallest absolute Gasteiger partial charge is 0.407 e. The SMILES string of the molecule is CC(C)(C)OC(=O)NCCCCCCc1cc(-c2ccc(Cl)cc2)nc2ccccc12. The number of halogens is 1. The summed E-state index contributed by atoms with van der Waals surface area (Å²) >= 11 is 6.04. The number of carbonyl (C=O) groups is 1. The summed E-state index contributed by atoms with van der Waals surface area (Å²) in [7, 11) is 0. The number of nitrogens with one attached hydrogen (secondary N) is 1. The number of unbranched alkanes of at least 4 members (excludes halogenated alkanes) is 3. The Balaban J connectivity index is 1.54. The monoisotopic (exact) mass is 438 g/mol. The van der Waals surface area contributed by atoms with E-state index in [1.54, 1.807) is 0 Å². The predicted octanol–water partition coefficient (Wildman–Crippen LogP) is 7.18. The summed E-state index contributed by atoms with van der Waals surface area (Å²) in [4.78, 5) is 16.5. The largest absolute Gasteiger partial charge is 0.444 e. The van der Waals surface area contributed by atoms with Crippen LogP contribution in [0.3, 0.4) is 0 Å². The number of carbonyl (C=O) groups excluding carboxylic acids is 1. The van der Waals surface area contributed by atoms with Gasteiger partial charge in [0.25, 0.3) is 0 Å². The highest BCUT2D eigenvalue weighted by Gasteiger charge is 2.15. The highest BCUT2D eigenvalue weighted by Crippen LogP contribution is 2.27. The van der Waals surface area contributed by atoms with Gasteiger partial charge in [-0.1, -0.05) is 54.8 Å². The van der Waals surface area contributed by atoms with E-state index in [2.05, 4.69) is 29.6 Å². The van der Waals surface area contributed by atoms with Gasteiger partial charge in [-0.15, -0.1) is 0 Å². The van der Waals surface area contributed by atoms with Crippen molar-refractivity contribution in [2.75, 3.05) is 6.54 Å². The fraction of sp³-hybridized carbons (Fsp3) is 0.385. The van der Waals surface area contributed by atoms with Crippen molar-refractivity contribution in [1.29, 1.82) is 0 Å². The van der Waals surface area contributed by atoms with Gasteiger partial charge in [0.05, 0.1) is 11.2 Å². The minimum atomic E-state index is -0.456. The number of ether oxygens (including phenoxy) is 1. The maximum atomic E-state index is 11.7. The number of pyridine rings is 1. The van der Waals surface area contributed by atoms with Gasteiger partial charge in [0.2, 0.25) is 0 Å². The molecule has 0 aliphatic carbocycles. The molecule has 0 saturated heterocycles. The Morgan fingerprint density at radius 1 is 1.00 bits per heavy atom. The van der Waals surface area contributed by atoms with Crippen LogP contribution in [-0.2, 0) is 11.2 Å². The number of nitrogens with zero attached hydrogens (tertiary/aromatic N) is 1. The maximum Gasteiger partial charge on any atom is 0.407 e. The van der Waals surface area contributed by atoms with Crippen molar-refractivity contribution in [1.82, 2.24) is 10.3 Å². The molecule has 5 heteroatoms. The highest BCUT2D eigenvalue weighted by atomic mass is 35.5. The molecule has 0 aliphatic heterocycles. The van der Waals surface area contributed by atoms with Crippen LogP contribution < -0.4 is 5.32 Å². The molecule has 1 amide bonds. The number of amides is 1. The first-order valence-corrected chi connectivity index (χ1v) is 11.3. The van der Waals surface area contributed by atoms with E-state index in [9.17, 15) is 4.79 Å². The van der Waals surface area contributed by atoms with Crippen LogP contribution in [-0.4, -0.2) is 23.2 Å². The van der Waals surface area contributed by atoms with Gasteiger partial charge in [-0.3, -0.25) is 0 Å². The lowest BCUT2D eigenvalue weighted by atomic mass is 9.99. The number of alkyl carbamates (subject to hydrolysis) is 1. The van der Waals surface area contributed by atoms with Crippen LogP contribution in [0.15, 0.2) is 54.6 Å². The van der Waals surface area contributed by atoms with E-state index in [0.717, 1.165) is 53.9 Å². The Kier molecular flexibility index (Phi) is 7.91. The third-order valence-corrected chi connectivity index (χ3v) is 5.23. The lowest BCUT2D eigenvalue weighted by Crippen LogP contribution is -2.32. The van der Waals surface area contributed by atoms with Crippen molar-refractivity contribution in [3.8, 4) is 11.3 Å². The van der Waals surface area contributed by atoms with Gasteiger partial charge >= 0.3 is 6.09 Å². The van der Waals surface area contributed by atoms with E-state index in [4.69, 9.17) is 21.3 Å². The normalized spacial score (nSPS) is 11.5. The third-order valence-electron chi connectivity index (χ3n) is 4.98. The van der Waals surface area contributed by atoms with Crippen LogP contribution >= 0.6 is 11.6 Å². The van der Waals surface area contributed by atoms with Gasteiger partial charge < -0.3 is 10.1 Å². The summed E-state index contributed by atoms with van der Waals surface area (Å²) in [5, 5.41) is 4.77. The number of aryl methyl sites for hydroxylation is 1. The molecule has 0 aliphatic rings. The number of hydrogen-bond acceptors (Lipinski definition) is 3. The molecule has 0 fully saturated rings. The second-order valence-electron chi connectivity index (χ2n) is 8.78. The number of hydrogen-bond donors (Lipinski definition) is 1. The Morgan fingerprint density at radius 3 is 2.45 bits per heavy atom. The van der Waals surface area contributed by atoms with Crippen LogP contribution in [0, 0.1) is 0 Å². The topological polar surface area (TPSA) is 51.2 Å². The van der Waals surface area contributed by atoms with Gasteiger partial charge in [-0.2, -0.15) is 0 Å². The van der Waals surface area contributed by atoms with Gasteiger partial charge in [0.1, 0.15) is 5.60 Å². The Hall–Kier alpha value is -2.59. The van der Waals surface area contributed by atoms with Crippen LogP contribution in [0.2, 0.25) is 5.02 Å². The third kappa shape index (κ3) is 7.25. The van der Waals surface area contributed by atoms with Crippen molar-refractivity contribution in [2.24, 2.45) is 0 Å². The highest BCUT2D eigenvalue weighted by molar-refractivity contribution is 6.30. The predicted molar refractivity (Wildman–Crippen MR) is 129 cm³/mol. The zero-order valence-corrected chi connectivity index (χ0v) is 19.3. The van der Waals surface area contributed by atoms with Gasteiger partial charge in [-0.05, 0) is 69.9 Å². The van der Waals surface area contributed by atoms with E-state index >= 15 is 0 Å². The van der Waals surface area contributed by atoms with Gasteiger partial charge in [0, 0.05) is 22.5 Å². The molecule has 0 bridgehead atoms. The van der Waals surface area contributed by atoms with E-state index < -0.39 is 5.60 Å². The zero-order valence-electron chi connectivity index (χ0n) is 18.6. The molecule has 164 valence electrons. The molecule has 3 rings (SSSR count). The van der Waals surface area contributed by atoms with Crippen LogP contribution in [0.25, 0.3) is 22.2 Å². The molecule has 0 unspecified atom stereocenters. The molecule has 2 aromatic carbocycles. The molecule has 31 heavy (non-hydrogen) atoms. The summed E-state index contributed by atoms with van der Waals surface area (Å²) < 4.78 is 5.26. The van der Waals surface area contributed by atoms with Crippen molar-refractivity contribution < 1.29 is 9.53 Å². The van der Waals surface area contributed by atoms with E-state index in [0.29, 0.717) is 6.54 Å². The Bertz CT molecular complexity index is 1010. The molecule has 1 N–H and O–H groups in total. The van der Waals surface area contributed by atoms with Crippen molar-refractivity contribution in [2.45, 2.75) is 58.5 Å². The average Bonchev–Trinajstić information content (AvgIpc) is 2.72. The lowest BCUT2D eigenvalue weighted by molar-refractivity contribution is 0.0527. The first kappa shape index (κ1) is 23.1. The second kappa shape index (κ2) is 10.6. The van der Waals surface area contributed by atoms with Crippen LogP contribution in [0.1, 0.15) is 52.0 Å². The molecule has 1 aromatic heterocycles. The van der Waals surface area contributed by atoms with Crippen molar-refractivity contribution in [3.63, 3.8) is 0 Å². The van der Waals surface area contributed by atoms with E-state index in [1.165, 1.54) is 10.9 Å². The van der Waals surface area contributed by atoms with E-state index in [-0.39, 0.29) is 6.09 Å². The van der Waals surface area contributed by atoms with Crippen molar-refractivity contribution in [3.05, 3.63) is 65.2 Å². The minimum Gasteiger partial charge on any atom is -0.444 e. The second-order valence-corrected chi connectivity index (χ2v) is 9.22. The summed E-state index contributed by atoms with van der Waals surface area (Å²) in [6, 6.07) is 18.4. The molecule has 1 heterocycles. The summed E-state index contributed by atoms with van der Waals surface area (Å²) in [6.45, 7) is 6.25. The number of fused-ring (bicyclic) bond motifs is 1.